The lowest BCUT2D eigenvalue weighted by atomic mass is 9.93. The quantitative estimate of drug-likeness (QED) is 0.444. The minimum atomic E-state index is -3.92. The number of hydrogen-bond acceptors (Lipinski definition) is 7. The van der Waals surface area contributed by atoms with Gasteiger partial charge in [-0.25, -0.2) is 23.4 Å². The summed E-state index contributed by atoms with van der Waals surface area (Å²) in [7, 11) is -3.92. The van der Waals surface area contributed by atoms with E-state index in [1.54, 1.807) is 12.1 Å². The Hall–Kier alpha value is -3.10. The van der Waals surface area contributed by atoms with Crippen molar-refractivity contribution in [1.29, 1.82) is 0 Å². The van der Waals surface area contributed by atoms with E-state index in [1.807, 2.05) is 44.2 Å². The number of hydrogen-bond donors (Lipinski definition) is 2. The Morgan fingerprint density at radius 3 is 2.36 bits per heavy atom. The molecule has 0 saturated heterocycles. The number of nitrogens with one attached hydrogen (secondary N) is 1. The molecular formula is C25H26N4O3S. The summed E-state index contributed by atoms with van der Waals surface area (Å²) in [5, 5.41) is 13.1. The van der Waals surface area contributed by atoms with E-state index in [9.17, 15) is 13.5 Å². The average molecular weight is 463 g/mol. The maximum absolute atomic E-state index is 13.7. The zero-order chi connectivity index (χ0) is 23.2. The van der Waals surface area contributed by atoms with E-state index in [2.05, 4.69) is 15.3 Å². The average Bonchev–Trinajstić information content (AvgIpc) is 2.89. The van der Waals surface area contributed by atoms with E-state index in [-0.39, 0.29) is 27.8 Å². The number of fused-ring (bicyclic) bond motifs is 2. The van der Waals surface area contributed by atoms with E-state index < -0.39 is 9.84 Å². The summed E-state index contributed by atoms with van der Waals surface area (Å²) in [6.07, 6.45) is 3.95. The highest BCUT2D eigenvalue weighted by Gasteiger charge is 2.33. The topological polar surface area (TPSA) is 105 Å². The summed E-state index contributed by atoms with van der Waals surface area (Å²) in [5.74, 6) is 0.402. The van der Waals surface area contributed by atoms with Gasteiger partial charge in [-0.15, -0.1) is 0 Å². The Morgan fingerprint density at radius 1 is 0.939 bits per heavy atom. The molecule has 1 aromatic heterocycles. The first-order valence-corrected chi connectivity index (χ1v) is 12.6. The molecule has 8 heteroatoms. The molecule has 7 nitrogen and oxygen atoms in total. The van der Waals surface area contributed by atoms with E-state index in [0.717, 1.165) is 29.5 Å². The van der Waals surface area contributed by atoms with Gasteiger partial charge in [-0.2, -0.15) is 0 Å². The van der Waals surface area contributed by atoms with Crippen LogP contribution in [0.1, 0.15) is 47.9 Å². The van der Waals surface area contributed by atoms with Gasteiger partial charge in [-0.05, 0) is 51.7 Å². The Balaban J connectivity index is 1.72. The molecule has 0 radical (unpaired) electrons. The van der Waals surface area contributed by atoms with Crippen molar-refractivity contribution in [3.8, 4) is 0 Å². The molecule has 33 heavy (non-hydrogen) atoms. The van der Waals surface area contributed by atoms with Crippen molar-refractivity contribution < 1.29 is 13.5 Å². The van der Waals surface area contributed by atoms with Crippen LogP contribution in [0.2, 0.25) is 0 Å². The Kier molecular flexibility index (Phi) is 5.50. The van der Waals surface area contributed by atoms with Crippen molar-refractivity contribution in [3.05, 3.63) is 71.0 Å². The van der Waals surface area contributed by atoms with Gasteiger partial charge in [0.15, 0.2) is 10.8 Å². The fourth-order valence-corrected chi connectivity index (χ4v) is 5.93. The number of aliphatic hydroxyl groups is 1. The predicted molar refractivity (Wildman–Crippen MR) is 127 cm³/mol. The second-order valence-electron chi connectivity index (χ2n) is 8.86. The molecule has 1 saturated carbocycles. The normalized spacial score (nSPS) is 21.4. The third kappa shape index (κ3) is 4.05. The molecule has 2 aromatic carbocycles. The van der Waals surface area contributed by atoms with Crippen LogP contribution in [0.25, 0.3) is 0 Å². The lowest BCUT2D eigenvalue weighted by molar-refractivity contribution is 0.126. The summed E-state index contributed by atoms with van der Waals surface area (Å²) < 4.78 is 27.4. The first-order valence-electron chi connectivity index (χ1n) is 11.1. The van der Waals surface area contributed by atoms with Crippen molar-refractivity contribution in [1.82, 2.24) is 9.97 Å². The van der Waals surface area contributed by atoms with Gasteiger partial charge in [0.25, 0.3) is 0 Å². The van der Waals surface area contributed by atoms with Crippen LogP contribution in [0, 0.1) is 13.8 Å². The van der Waals surface area contributed by atoms with Crippen LogP contribution < -0.4 is 5.32 Å². The minimum absolute atomic E-state index is 0.0843. The Morgan fingerprint density at radius 2 is 1.64 bits per heavy atom. The number of rotatable bonds is 3. The van der Waals surface area contributed by atoms with Gasteiger partial charge < -0.3 is 10.4 Å². The fraction of sp³-hybridized carbons (Fsp3) is 0.320. The number of sulfone groups is 1. The number of aryl methyl sites for hydroxylation is 2. The monoisotopic (exact) mass is 462 g/mol. The molecule has 5 rings (SSSR count). The Labute approximate surface area is 193 Å². The highest BCUT2D eigenvalue weighted by molar-refractivity contribution is 7.91. The Bertz CT molecular complexity index is 1340. The lowest BCUT2D eigenvalue weighted by Gasteiger charge is -2.27. The summed E-state index contributed by atoms with van der Waals surface area (Å²) >= 11 is 0. The number of anilines is 1. The van der Waals surface area contributed by atoms with Gasteiger partial charge in [0.2, 0.25) is 9.84 Å². The molecule has 2 heterocycles. The van der Waals surface area contributed by atoms with Crippen molar-refractivity contribution in [3.63, 3.8) is 0 Å². The molecule has 2 N–H and O–H groups in total. The van der Waals surface area contributed by atoms with Crippen molar-refractivity contribution >= 4 is 27.1 Å². The van der Waals surface area contributed by atoms with Gasteiger partial charge in [0, 0.05) is 17.2 Å². The van der Waals surface area contributed by atoms with Gasteiger partial charge in [-0.1, -0.05) is 41.5 Å². The lowest BCUT2D eigenvalue weighted by Crippen LogP contribution is -2.28. The molecule has 0 spiro atoms. The zero-order valence-corrected chi connectivity index (χ0v) is 19.4. The molecule has 1 aliphatic heterocycles. The van der Waals surface area contributed by atoms with Crippen LogP contribution in [-0.2, 0) is 9.84 Å². The van der Waals surface area contributed by atoms with Crippen LogP contribution in [0.4, 0.5) is 11.5 Å². The molecule has 170 valence electrons. The zero-order valence-electron chi connectivity index (χ0n) is 18.6. The highest BCUT2D eigenvalue weighted by atomic mass is 32.2. The van der Waals surface area contributed by atoms with E-state index in [4.69, 9.17) is 4.99 Å². The molecule has 0 amide bonds. The molecule has 0 atom stereocenters. The summed E-state index contributed by atoms with van der Waals surface area (Å²) in [6, 6.07) is 13.3. The van der Waals surface area contributed by atoms with Crippen molar-refractivity contribution in [2.45, 2.75) is 61.6 Å². The van der Waals surface area contributed by atoms with E-state index in [0.29, 0.717) is 29.9 Å². The fourth-order valence-electron chi connectivity index (χ4n) is 4.45. The van der Waals surface area contributed by atoms with E-state index >= 15 is 0 Å². The molecule has 0 unspecified atom stereocenters. The standard InChI is InChI=1S/C25H26N4O3S/c1-15-3-6-17(7-4-15)22-20-13-16(2)5-12-21(20)33(31,32)25-23(29-22)24(26-14-27-25)28-18-8-10-19(30)11-9-18/h3-7,12-14,18-19,30H,8-11H2,1-2H3,(H,26,27,28). The second-order valence-corrected chi connectivity index (χ2v) is 10.7. The molecule has 1 fully saturated rings. The van der Waals surface area contributed by atoms with Crippen molar-refractivity contribution in [2.24, 2.45) is 4.99 Å². The molecular weight excluding hydrogens is 436 g/mol. The van der Waals surface area contributed by atoms with Gasteiger partial charge in [-0.3, -0.25) is 0 Å². The molecule has 1 aliphatic carbocycles. The highest BCUT2D eigenvalue weighted by Crippen LogP contribution is 2.40. The van der Waals surface area contributed by atoms with Crippen LogP contribution >= 0.6 is 0 Å². The van der Waals surface area contributed by atoms with Crippen LogP contribution in [0.5, 0.6) is 0 Å². The van der Waals surface area contributed by atoms with Gasteiger partial charge >= 0.3 is 0 Å². The first-order chi connectivity index (χ1) is 15.8. The maximum atomic E-state index is 13.7. The summed E-state index contributed by atoms with van der Waals surface area (Å²) in [6.45, 7) is 3.94. The van der Waals surface area contributed by atoms with Gasteiger partial charge in [0.1, 0.15) is 12.0 Å². The van der Waals surface area contributed by atoms with E-state index in [1.165, 1.54) is 6.33 Å². The third-order valence-electron chi connectivity index (χ3n) is 6.31. The number of benzene rings is 2. The number of nitrogens with zero attached hydrogens (tertiary/aromatic N) is 3. The molecule has 2 aliphatic rings. The van der Waals surface area contributed by atoms with Crippen molar-refractivity contribution in [2.75, 3.05) is 5.32 Å². The second kappa shape index (κ2) is 8.35. The minimum Gasteiger partial charge on any atom is -0.393 e. The summed E-state index contributed by atoms with van der Waals surface area (Å²) in [5.41, 5.74) is 4.24. The third-order valence-corrected chi connectivity index (χ3v) is 8.05. The summed E-state index contributed by atoms with van der Waals surface area (Å²) in [4.78, 5) is 13.6. The maximum Gasteiger partial charge on any atom is 0.226 e. The molecule has 3 aromatic rings. The first kappa shape index (κ1) is 21.7. The number of aromatic nitrogens is 2. The molecule has 0 bridgehead atoms. The van der Waals surface area contributed by atoms with Gasteiger partial charge in [0.05, 0.1) is 16.7 Å². The SMILES string of the molecule is Cc1ccc(C2=Nc3c(NC4CCC(O)CC4)ncnc3S(=O)(=O)c3ccc(C)cc32)cc1. The van der Waals surface area contributed by atoms with Crippen LogP contribution in [-0.4, -0.2) is 41.3 Å². The largest absolute Gasteiger partial charge is 0.393 e. The number of aliphatic imine (C=N–C) groups is 1. The smallest absolute Gasteiger partial charge is 0.226 e. The van der Waals surface area contributed by atoms with Crippen LogP contribution in [0.3, 0.4) is 0 Å². The van der Waals surface area contributed by atoms with Crippen LogP contribution in [0.15, 0.2) is 63.7 Å². The number of aliphatic hydroxyl groups excluding tert-OH is 1. The predicted octanol–water partition coefficient (Wildman–Crippen LogP) is 4.12.